The fourth-order valence-corrected chi connectivity index (χ4v) is 3.00. The molecule has 0 fully saturated rings. The monoisotopic (exact) mass is 375 g/mol. The van der Waals surface area contributed by atoms with Gasteiger partial charge in [0.05, 0.1) is 16.8 Å². The second-order valence-corrected chi connectivity index (χ2v) is 6.37. The molecule has 0 aliphatic carbocycles. The van der Waals surface area contributed by atoms with Gasteiger partial charge in [-0.25, -0.2) is 14.8 Å². The van der Waals surface area contributed by atoms with Crippen molar-refractivity contribution in [3.63, 3.8) is 0 Å². The fourth-order valence-electron chi connectivity index (χ4n) is 2.83. The van der Waals surface area contributed by atoms with Crippen LogP contribution < -0.4 is 5.32 Å². The number of anilines is 2. The molecule has 4 aromatic rings. The van der Waals surface area contributed by atoms with Gasteiger partial charge < -0.3 is 10.4 Å². The van der Waals surface area contributed by atoms with Gasteiger partial charge in [-0.05, 0) is 36.4 Å². The van der Waals surface area contributed by atoms with Gasteiger partial charge in [0.15, 0.2) is 0 Å². The average Bonchev–Trinajstić information content (AvgIpc) is 2.68. The third kappa shape index (κ3) is 3.59. The van der Waals surface area contributed by atoms with E-state index >= 15 is 0 Å². The van der Waals surface area contributed by atoms with Crippen molar-refractivity contribution in [1.82, 2.24) is 9.97 Å². The van der Waals surface area contributed by atoms with Gasteiger partial charge >= 0.3 is 5.97 Å². The van der Waals surface area contributed by atoms with Crippen molar-refractivity contribution in [2.45, 2.75) is 0 Å². The van der Waals surface area contributed by atoms with E-state index in [1.54, 1.807) is 24.3 Å². The lowest BCUT2D eigenvalue weighted by molar-refractivity contribution is 0.0697. The molecule has 0 radical (unpaired) electrons. The Hall–Kier alpha value is -3.44. The van der Waals surface area contributed by atoms with Crippen LogP contribution in [0.5, 0.6) is 0 Å². The number of nitrogens with zero attached hydrogens (tertiary/aromatic N) is 2. The van der Waals surface area contributed by atoms with E-state index in [0.29, 0.717) is 16.7 Å². The molecule has 1 heterocycles. The Labute approximate surface area is 160 Å². The van der Waals surface area contributed by atoms with E-state index < -0.39 is 5.97 Å². The van der Waals surface area contributed by atoms with Crippen LogP contribution in [0.25, 0.3) is 22.2 Å². The zero-order chi connectivity index (χ0) is 18.8. The van der Waals surface area contributed by atoms with Crippen LogP contribution in [0.15, 0.2) is 72.8 Å². The van der Waals surface area contributed by atoms with Crippen LogP contribution in [0.1, 0.15) is 10.4 Å². The highest BCUT2D eigenvalue weighted by Gasteiger charge is 2.11. The maximum Gasteiger partial charge on any atom is 0.335 e. The summed E-state index contributed by atoms with van der Waals surface area (Å²) in [5.74, 6) is -0.607. The Morgan fingerprint density at radius 1 is 0.926 bits per heavy atom. The number of nitrogens with one attached hydrogen (secondary N) is 1. The van der Waals surface area contributed by atoms with Crippen LogP contribution >= 0.6 is 11.6 Å². The van der Waals surface area contributed by atoms with Crippen LogP contribution in [0.3, 0.4) is 0 Å². The van der Waals surface area contributed by atoms with Gasteiger partial charge in [0.2, 0.25) is 5.95 Å². The van der Waals surface area contributed by atoms with Crippen molar-refractivity contribution < 1.29 is 9.90 Å². The summed E-state index contributed by atoms with van der Waals surface area (Å²) in [6.45, 7) is 0. The first-order valence-corrected chi connectivity index (χ1v) is 8.61. The summed E-state index contributed by atoms with van der Waals surface area (Å²) in [5, 5.41) is 13.7. The third-order valence-electron chi connectivity index (χ3n) is 4.07. The van der Waals surface area contributed by atoms with E-state index in [2.05, 4.69) is 15.3 Å². The smallest absolute Gasteiger partial charge is 0.335 e. The summed E-state index contributed by atoms with van der Waals surface area (Å²) in [4.78, 5) is 20.4. The number of rotatable bonds is 4. The summed E-state index contributed by atoms with van der Waals surface area (Å²) >= 11 is 6.17. The number of aromatic carboxylic acids is 1. The molecule has 132 valence electrons. The van der Waals surface area contributed by atoms with Crippen molar-refractivity contribution in [3.05, 3.63) is 83.4 Å². The maximum absolute atomic E-state index is 11.2. The second kappa shape index (κ2) is 7.05. The number of benzene rings is 3. The van der Waals surface area contributed by atoms with Crippen LogP contribution in [0.4, 0.5) is 11.6 Å². The predicted octanol–water partition coefficient (Wildman–Crippen LogP) is 5.39. The Bertz CT molecular complexity index is 1150. The largest absolute Gasteiger partial charge is 0.478 e. The molecule has 0 aliphatic rings. The van der Waals surface area contributed by atoms with Gasteiger partial charge in [0.25, 0.3) is 0 Å². The highest BCUT2D eigenvalue weighted by atomic mass is 35.5. The molecule has 3 aromatic carbocycles. The highest BCUT2D eigenvalue weighted by molar-refractivity contribution is 6.31. The molecule has 0 amide bonds. The van der Waals surface area contributed by atoms with Gasteiger partial charge in [-0.1, -0.05) is 48.0 Å². The Morgan fingerprint density at radius 3 is 2.52 bits per heavy atom. The molecule has 1 aromatic heterocycles. The third-order valence-corrected chi connectivity index (χ3v) is 4.31. The fraction of sp³-hybridized carbons (Fsp3) is 0. The first kappa shape index (κ1) is 17.0. The number of fused-ring (bicyclic) bond motifs is 1. The summed E-state index contributed by atoms with van der Waals surface area (Å²) in [6.07, 6.45) is 0. The van der Waals surface area contributed by atoms with E-state index in [0.717, 1.165) is 22.2 Å². The lowest BCUT2D eigenvalue weighted by Gasteiger charge is -2.11. The minimum Gasteiger partial charge on any atom is -0.478 e. The topological polar surface area (TPSA) is 75.1 Å². The van der Waals surface area contributed by atoms with Crippen molar-refractivity contribution in [2.75, 3.05) is 5.32 Å². The molecular formula is C21H14ClN3O2. The number of carbonyl (C=O) groups is 1. The number of carboxylic acids is 1. The average molecular weight is 376 g/mol. The van der Waals surface area contributed by atoms with Crippen LogP contribution in [-0.2, 0) is 0 Å². The Kier molecular flexibility index (Phi) is 4.44. The lowest BCUT2D eigenvalue weighted by Crippen LogP contribution is -2.02. The normalized spacial score (nSPS) is 10.7. The molecular weight excluding hydrogens is 362 g/mol. The van der Waals surface area contributed by atoms with Crippen molar-refractivity contribution in [1.29, 1.82) is 0 Å². The van der Waals surface area contributed by atoms with E-state index in [9.17, 15) is 4.79 Å². The van der Waals surface area contributed by atoms with Gasteiger partial charge in [0.1, 0.15) is 0 Å². The number of halogens is 1. The van der Waals surface area contributed by atoms with Crippen LogP contribution in [-0.4, -0.2) is 21.0 Å². The van der Waals surface area contributed by atoms with Gasteiger partial charge in [-0.3, -0.25) is 0 Å². The van der Waals surface area contributed by atoms with E-state index in [1.807, 2.05) is 42.5 Å². The molecule has 0 spiro atoms. The molecule has 0 aliphatic heterocycles. The van der Waals surface area contributed by atoms with E-state index in [4.69, 9.17) is 16.7 Å². The molecule has 0 unspecified atom stereocenters. The predicted molar refractivity (Wildman–Crippen MR) is 107 cm³/mol. The van der Waals surface area contributed by atoms with Crippen molar-refractivity contribution in [3.8, 4) is 11.3 Å². The molecule has 0 atom stereocenters. The quantitative estimate of drug-likeness (QED) is 0.500. The molecule has 6 heteroatoms. The first-order chi connectivity index (χ1) is 13.1. The van der Waals surface area contributed by atoms with Gasteiger partial charge in [-0.15, -0.1) is 0 Å². The van der Waals surface area contributed by atoms with Crippen molar-refractivity contribution >= 4 is 40.1 Å². The highest BCUT2D eigenvalue weighted by Crippen LogP contribution is 2.30. The van der Waals surface area contributed by atoms with E-state index in [1.165, 1.54) is 6.07 Å². The minimum atomic E-state index is -0.988. The summed E-state index contributed by atoms with van der Waals surface area (Å²) in [7, 11) is 0. The summed E-state index contributed by atoms with van der Waals surface area (Å²) < 4.78 is 0. The van der Waals surface area contributed by atoms with Gasteiger partial charge in [-0.2, -0.15) is 0 Å². The Morgan fingerprint density at radius 2 is 1.74 bits per heavy atom. The molecule has 0 saturated heterocycles. The standard InChI is InChI=1S/C21H14ClN3O2/c22-15-9-10-18-17(12-15)19(13-5-2-1-3-6-13)25-21(24-18)23-16-8-4-7-14(11-16)20(26)27/h1-12H,(H,26,27)(H,23,24,25). The lowest BCUT2D eigenvalue weighted by atomic mass is 10.1. The zero-order valence-corrected chi connectivity index (χ0v) is 14.8. The number of hydrogen-bond donors (Lipinski definition) is 2. The summed E-state index contributed by atoms with van der Waals surface area (Å²) in [6, 6.07) is 21.7. The molecule has 5 nitrogen and oxygen atoms in total. The Balaban J connectivity index is 1.84. The molecule has 27 heavy (non-hydrogen) atoms. The summed E-state index contributed by atoms with van der Waals surface area (Å²) in [5.41, 5.74) is 3.22. The number of aromatic nitrogens is 2. The minimum absolute atomic E-state index is 0.191. The molecule has 2 N–H and O–H groups in total. The second-order valence-electron chi connectivity index (χ2n) is 5.93. The van der Waals surface area contributed by atoms with Crippen LogP contribution in [0, 0.1) is 0 Å². The molecule has 0 saturated carbocycles. The first-order valence-electron chi connectivity index (χ1n) is 8.23. The SMILES string of the molecule is O=C(O)c1cccc(Nc2nc(-c3ccccc3)c3cc(Cl)ccc3n2)c1. The number of carboxylic acid groups (broad SMARTS) is 1. The molecule has 4 rings (SSSR count). The van der Waals surface area contributed by atoms with Gasteiger partial charge in [0, 0.05) is 21.7 Å². The zero-order valence-electron chi connectivity index (χ0n) is 14.1. The van der Waals surface area contributed by atoms with E-state index in [-0.39, 0.29) is 5.56 Å². The molecule has 0 bridgehead atoms. The maximum atomic E-state index is 11.2. The number of hydrogen-bond acceptors (Lipinski definition) is 4. The van der Waals surface area contributed by atoms with Crippen molar-refractivity contribution in [2.24, 2.45) is 0 Å². The van der Waals surface area contributed by atoms with Crippen LogP contribution in [0.2, 0.25) is 5.02 Å².